The minimum atomic E-state index is 0.0535. The Hall–Kier alpha value is -0.950. The van der Waals surface area contributed by atoms with E-state index in [-0.39, 0.29) is 5.41 Å². The van der Waals surface area contributed by atoms with Crippen LogP contribution in [0.5, 0.6) is 5.75 Å². The van der Waals surface area contributed by atoms with Crippen LogP contribution in [-0.4, -0.2) is 7.11 Å². The van der Waals surface area contributed by atoms with Crippen LogP contribution < -0.4 is 4.74 Å². The smallest absolute Gasteiger partial charge is 0.137 e. The molecule has 0 amide bonds. The van der Waals surface area contributed by atoms with Crippen LogP contribution in [0.2, 0.25) is 5.02 Å². The van der Waals surface area contributed by atoms with E-state index >= 15 is 0 Å². The van der Waals surface area contributed by atoms with Crippen molar-refractivity contribution in [3.05, 3.63) is 35.4 Å². The second-order valence-electron chi connectivity index (χ2n) is 4.58. The van der Waals surface area contributed by atoms with Gasteiger partial charge in [0.15, 0.2) is 0 Å². The molecule has 0 aliphatic carbocycles. The number of ether oxygens (including phenoxy) is 1. The summed E-state index contributed by atoms with van der Waals surface area (Å²) in [5, 5.41) is 0.625. The van der Waals surface area contributed by atoms with Crippen LogP contribution in [-0.2, 0) is 0 Å². The Balaban J connectivity index is 3.08. The minimum Gasteiger partial charge on any atom is -0.495 e. The topological polar surface area (TPSA) is 9.23 Å². The minimum absolute atomic E-state index is 0.0535. The van der Waals surface area contributed by atoms with Crippen LogP contribution in [0.15, 0.2) is 24.8 Å². The van der Waals surface area contributed by atoms with E-state index in [9.17, 15) is 0 Å². The van der Waals surface area contributed by atoms with Crippen molar-refractivity contribution in [1.29, 1.82) is 0 Å². The molecular weight excluding hydrogens is 208 g/mol. The van der Waals surface area contributed by atoms with Crippen molar-refractivity contribution in [1.82, 2.24) is 0 Å². The lowest BCUT2D eigenvalue weighted by molar-refractivity contribution is 0.415. The highest BCUT2D eigenvalue weighted by Gasteiger charge is 2.17. The predicted molar refractivity (Wildman–Crippen MR) is 66.5 cm³/mol. The average molecular weight is 225 g/mol. The van der Waals surface area contributed by atoms with Gasteiger partial charge in [0.2, 0.25) is 0 Å². The lowest BCUT2D eigenvalue weighted by Crippen LogP contribution is -2.07. The number of halogens is 1. The molecule has 0 heterocycles. The summed E-state index contributed by atoms with van der Waals surface area (Å²) < 4.78 is 5.10. The summed E-state index contributed by atoms with van der Waals surface area (Å²) in [7, 11) is 1.61. The van der Waals surface area contributed by atoms with Crippen molar-refractivity contribution in [3.63, 3.8) is 0 Å². The predicted octanol–water partition coefficient (Wildman–Crippen LogP) is 4.41. The van der Waals surface area contributed by atoms with Gasteiger partial charge in [-0.2, -0.15) is 0 Å². The summed E-state index contributed by atoms with van der Waals surface area (Å²) in [6, 6.07) is 5.75. The Labute approximate surface area is 96.7 Å². The molecule has 0 bridgehead atoms. The maximum absolute atomic E-state index is 6.06. The Morgan fingerprint density at radius 3 is 2.33 bits per heavy atom. The van der Waals surface area contributed by atoms with E-state index in [1.54, 1.807) is 7.11 Å². The molecule has 0 saturated carbocycles. The van der Waals surface area contributed by atoms with Gasteiger partial charge in [0.1, 0.15) is 5.75 Å². The summed E-state index contributed by atoms with van der Waals surface area (Å²) in [4.78, 5) is 0. The van der Waals surface area contributed by atoms with E-state index in [1.165, 1.54) is 0 Å². The largest absolute Gasteiger partial charge is 0.495 e. The first-order valence-electron chi connectivity index (χ1n) is 4.89. The van der Waals surface area contributed by atoms with Crippen molar-refractivity contribution in [2.75, 3.05) is 7.11 Å². The molecule has 1 nitrogen and oxygen atoms in total. The zero-order valence-corrected chi connectivity index (χ0v) is 10.5. The van der Waals surface area contributed by atoms with Gasteiger partial charge in [-0.3, -0.25) is 0 Å². The van der Waals surface area contributed by atoms with E-state index in [0.29, 0.717) is 10.8 Å². The van der Waals surface area contributed by atoms with E-state index in [4.69, 9.17) is 16.3 Å². The summed E-state index contributed by atoms with van der Waals surface area (Å²) in [6.07, 6.45) is 0. The van der Waals surface area contributed by atoms with Gasteiger partial charge in [-0.25, -0.2) is 0 Å². The average Bonchev–Trinajstić information content (AvgIpc) is 2.15. The molecule has 0 fully saturated rings. The van der Waals surface area contributed by atoms with Gasteiger partial charge in [0, 0.05) is 0 Å². The monoisotopic (exact) mass is 224 g/mol. The zero-order valence-electron chi connectivity index (χ0n) is 9.73. The lowest BCUT2D eigenvalue weighted by Gasteiger charge is -2.22. The Bertz CT molecular complexity index is 375. The third-order valence-corrected chi connectivity index (χ3v) is 2.70. The highest BCUT2D eigenvalue weighted by molar-refractivity contribution is 6.32. The molecule has 1 aromatic carbocycles. The molecule has 0 aliphatic rings. The molecule has 0 atom stereocenters. The first-order valence-corrected chi connectivity index (χ1v) is 5.27. The van der Waals surface area contributed by atoms with Gasteiger partial charge in [-0.1, -0.05) is 45.0 Å². The van der Waals surface area contributed by atoms with Gasteiger partial charge < -0.3 is 4.74 Å². The Morgan fingerprint density at radius 2 is 1.93 bits per heavy atom. The second kappa shape index (κ2) is 4.28. The summed E-state index contributed by atoms with van der Waals surface area (Å²) in [5.74, 6) is 0.696. The van der Waals surface area contributed by atoms with Crippen LogP contribution in [0.25, 0.3) is 5.57 Å². The fourth-order valence-electron chi connectivity index (χ4n) is 1.29. The summed E-state index contributed by atoms with van der Waals surface area (Å²) in [6.45, 7) is 10.5. The number of allylic oxidation sites excluding steroid dienone is 1. The first-order chi connectivity index (χ1) is 6.86. The van der Waals surface area contributed by atoms with Crippen LogP contribution in [0, 0.1) is 5.41 Å². The van der Waals surface area contributed by atoms with Crippen molar-refractivity contribution < 1.29 is 4.74 Å². The fraction of sp³-hybridized carbons (Fsp3) is 0.385. The maximum Gasteiger partial charge on any atom is 0.137 e. The standard InChI is InChI=1S/C13H17ClO/c1-9(13(2,3)4)10-6-7-12(15-5)11(14)8-10/h6-8H,1H2,2-5H3. The number of hydrogen-bond acceptors (Lipinski definition) is 1. The Morgan fingerprint density at radius 1 is 1.33 bits per heavy atom. The van der Waals surface area contributed by atoms with Gasteiger partial charge >= 0.3 is 0 Å². The van der Waals surface area contributed by atoms with E-state index in [0.717, 1.165) is 11.1 Å². The van der Waals surface area contributed by atoms with E-state index in [1.807, 2.05) is 18.2 Å². The number of benzene rings is 1. The van der Waals surface area contributed by atoms with Crippen molar-refractivity contribution in [3.8, 4) is 5.75 Å². The highest BCUT2D eigenvalue weighted by atomic mass is 35.5. The number of hydrogen-bond donors (Lipinski definition) is 0. The van der Waals surface area contributed by atoms with Gasteiger partial charge in [-0.15, -0.1) is 0 Å². The van der Waals surface area contributed by atoms with E-state index in [2.05, 4.69) is 27.4 Å². The summed E-state index contributed by atoms with van der Waals surface area (Å²) in [5.41, 5.74) is 2.19. The van der Waals surface area contributed by atoms with Crippen LogP contribution >= 0.6 is 11.6 Å². The molecular formula is C13H17ClO. The molecule has 0 radical (unpaired) electrons. The first kappa shape index (κ1) is 12.1. The molecule has 1 aromatic rings. The fourth-order valence-corrected chi connectivity index (χ4v) is 1.54. The summed E-state index contributed by atoms with van der Waals surface area (Å²) >= 11 is 6.06. The van der Waals surface area contributed by atoms with Crippen LogP contribution in [0.1, 0.15) is 26.3 Å². The Kier molecular flexibility index (Phi) is 3.46. The zero-order chi connectivity index (χ0) is 11.6. The molecule has 82 valence electrons. The molecule has 2 heteroatoms. The molecule has 1 rings (SSSR count). The van der Waals surface area contributed by atoms with Crippen molar-refractivity contribution in [2.45, 2.75) is 20.8 Å². The number of rotatable bonds is 2. The van der Waals surface area contributed by atoms with Gasteiger partial charge in [0.05, 0.1) is 12.1 Å². The van der Waals surface area contributed by atoms with Crippen LogP contribution in [0.4, 0.5) is 0 Å². The van der Waals surface area contributed by atoms with E-state index < -0.39 is 0 Å². The molecule has 0 saturated heterocycles. The second-order valence-corrected chi connectivity index (χ2v) is 4.99. The quantitative estimate of drug-likeness (QED) is 0.723. The molecule has 0 unspecified atom stereocenters. The third kappa shape index (κ3) is 2.75. The molecule has 0 aromatic heterocycles. The molecule has 15 heavy (non-hydrogen) atoms. The van der Waals surface area contributed by atoms with Crippen molar-refractivity contribution in [2.24, 2.45) is 5.41 Å². The molecule has 0 aliphatic heterocycles. The maximum atomic E-state index is 6.06. The van der Waals surface area contributed by atoms with Gasteiger partial charge in [0.25, 0.3) is 0 Å². The molecule has 0 N–H and O–H groups in total. The van der Waals surface area contributed by atoms with Gasteiger partial charge in [-0.05, 0) is 28.7 Å². The highest BCUT2D eigenvalue weighted by Crippen LogP contribution is 2.35. The lowest BCUT2D eigenvalue weighted by atomic mass is 9.83. The normalized spacial score (nSPS) is 11.3. The van der Waals surface area contributed by atoms with Crippen LogP contribution in [0.3, 0.4) is 0 Å². The SMILES string of the molecule is C=C(c1ccc(OC)c(Cl)c1)C(C)(C)C. The third-order valence-electron chi connectivity index (χ3n) is 2.41. The molecule has 0 spiro atoms. The van der Waals surface area contributed by atoms with Crippen molar-refractivity contribution >= 4 is 17.2 Å². The number of methoxy groups -OCH3 is 1.